The van der Waals surface area contributed by atoms with E-state index in [2.05, 4.69) is 0 Å². The van der Waals surface area contributed by atoms with Crippen molar-refractivity contribution in [2.45, 2.75) is 12.3 Å². The van der Waals surface area contributed by atoms with Gasteiger partial charge in [-0.05, 0) is 24.6 Å². The van der Waals surface area contributed by atoms with Gasteiger partial charge >= 0.3 is 0 Å². The zero-order valence-corrected chi connectivity index (χ0v) is 6.70. The molecule has 60 valence electrons. The lowest BCUT2D eigenvalue weighted by Crippen LogP contribution is -1.88. The van der Waals surface area contributed by atoms with E-state index >= 15 is 0 Å². The molecule has 0 saturated heterocycles. The van der Waals surface area contributed by atoms with E-state index in [-0.39, 0.29) is 5.38 Å². The van der Waals surface area contributed by atoms with Crippen LogP contribution in [-0.2, 0) is 0 Å². The van der Waals surface area contributed by atoms with E-state index < -0.39 is 11.6 Å². The molecule has 0 unspecified atom stereocenters. The minimum absolute atomic E-state index is 0.287. The van der Waals surface area contributed by atoms with Gasteiger partial charge in [-0.15, -0.1) is 11.6 Å². The quantitative estimate of drug-likeness (QED) is 0.577. The fourth-order valence-corrected chi connectivity index (χ4v) is 0.896. The van der Waals surface area contributed by atoms with Crippen molar-refractivity contribution in [2.75, 3.05) is 0 Å². The molecule has 0 aliphatic rings. The lowest BCUT2D eigenvalue weighted by atomic mass is 10.1. The van der Waals surface area contributed by atoms with Gasteiger partial charge < -0.3 is 0 Å². The molecule has 0 saturated carbocycles. The molecule has 1 aromatic rings. The van der Waals surface area contributed by atoms with Crippen molar-refractivity contribution in [3.05, 3.63) is 35.4 Å². The number of hydrogen-bond acceptors (Lipinski definition) is 0. The minimum atomic E-state index is -0.852. The van der Waals surface area contributed by atoms with E-state index in [1.165, 1.54) is 6.07 Å². The lowest BCUT2D eigenvalue weighted by Gasteiger charge is -2.02. The summed E-state index contributed by atoms with van der Waals surface area (Å²) in [6, 6.07) is 3.65. The monoisotopic (exact) mass is 176 g/mol. The van der Waals surface area contributed by atoms with Crippen LogP contribution in [-0.4, -0.2) is 0 Å². The predicted molar refractivity (Wildman–Crippen MR) is 40.6 cm³/mol. The highest BCUT2D eigenvalue weighted by atomic mass is 35.5. The van der Waals surface area contributed by atoms with Crippen molar-refractivity contribution in [2.24, 2.45) is 0 Å². The van der Waals surface area contributed by atoms with Crippen molar-refractivity contribution < 1.29 is 8.78 Å². The fourth-order valence-electron chi connectivity index (χ4n) is 0.760. The van der Waals surface area contributed by atoms with Crippen LogP contribution in [0.2, 0.25) is 0 Å². The number of rotatable bonds is 1. The molecule has 0 N–H and O–H groups in total. The maximum atomic E-state index is 12.5. The molecule has 0 aliphatic carbocycles. The Bertz CT molecular complexity index is 258. The summed E-state index contributed by atoms with van der Waals surface area (Å²) in [4.78, 5) is 0. The first-order valence-electron chi connectivity index (χ1n) is 3.20. The topological polar surface area (TPSA) is 0 Å². The zero-order chi connectivity index (χ0) is 8.43. The predicted octanol–water partition coefficient (Wildman–Crippen LogP) is 3.26. The Morgan fingerprint density at radius 1 is 1.27 bits per heavy atom. The molecule has 0 amide bonds. The standard InChI is InChI=1S/C8H7ClF2/c1-5(9)6-2-3-7(10)8(11)4-6/h2-5H,1H3/t5-/m0/s1. The van der Waals surface area contributed by atoms with Gasteiger partial charge in [-0.2, -0.15) is 0 Å². The summed E-state index contributed by atoms with van der Waals surface area (Å²) in [7, 11) is 0. The molecule has 0 radical (unpaired) electrons. The van der Waals surface area contributed by atoms with Crippen LogP contribution in [0.1, 0.15) is 17.9 Å². The van der Waals surface area contributed by atoms with Gasteiger partial charge in [-0.1, -0.05) is 6.07 Å². The Kier molecular flexibility index (Phi) is 2.45. The van der Waals surface area contributed by atoms with Gasteiger partial charge in [-0.25, -0.2) is 8.78 Å². The second-order valence-electron chi connectivity index (χ2n) is 2.29. The Morgan fingerprint density at radius 2 is 1.91 bits per heavy atom. The van der Waals surface area contributed by atoms with Gasteiger partial charge in [0.05, 0.1) is 5.38 Å². The molecule has 0 aliphatic heterocycles. The molecule has 11 heavy (non-hydrogen) atoms. The minimum Gasteiger partial charge on any atom is -0.204 e. The molecule has 0 heterocycles. The third-order valence-electron chi connectivity index (χ3n) is 1.40. The molecular weight excluding hydrogens is 170 g/mol. The second-order valence-corrected chi connectivity index (χ2v) is 2.94. The molecule has 1 aromatic carbocycles. The molecular formula is C8H7ClF2. The lowest BCUT2D eigenvalue weighted by molar-refractivity contribution is 0.507. The van der Waals surface area contributed by atoms with Gasteiger partial charge in [0.1, 0.15) is 0 Å². The molecule has 0 fully saturated rings. The Hall–Kier alpha value is -0.630. The summed E-state index contributed by atoms with van der Waals surface area (Å²) >= 11 is 5.64. The van der Waals surface area contributed by atoms with Crippen LogP contribution in [0.15, 0.2) is 18.2 Å². The first-order valence-corrected chi connectivity index (χ1v) is 3.64. The molecule has 3 heteroatoms. The van der Waals surface area contributed by atoms with E-state index in [4.69, 9.17) is 11.6 Å². The van der Waals surface area contributed by atoms with Crippen molar-refractivity contribution >= 4 is 11.6 Å². The Balaban J connectivity index is 3.05. The first-order chi connectivity index (χ1) is 5.11. The van der Waals surface area contributed by atoms with Gasteiger partial charge in [0.2, 0.25) is 0 Å². The smallest absolute Gasteiger partial charge is 0.159 e. The molecule has 1 rings (SSSR count). The molecule has 0 bridgehead atoms. The maximum Gasteiger partial charge on any atom is 0.159 e. The number of benzene rings is 1. The molecule has 0 nitrogen and oxygen atoms in total. The summed E-state index contributed by atoms with van der Waals surface area (Å²) in [5.74, 6) is -1.69. The van der Waals surface area contributed by atoms with Crippen LogP contribution in [0, 0.1) is 11.6 Å². The highest BCUT2D eigenvalue weighted by molar-refractivity contribution is 6.20. The summed E-state index contributed by atoms with van der Waals surface area (Å²) in [6.45, 7) is 1.70. The third kappa shape index (κ3) is 1.90. The van der Waals surface area contributed by atoms with Crippen LogP contribution < -0.4 is 0 Å². The Morgan fingerprint density at radius 3 is 2.36 bits per heavy atom. The van der Waals surface area contributed by atoms with Gasteiger partial charge in [0.25, 0.3) is 0 Å². The number of alkyl halides is 1. The van der Waals surface area contributed by atoms with Gasteiger partial charge in [0, 0.05) is 0 Å². The van der Waals surface area contributed by atoms with Crippen molar-refractivity contribution in [1.82, 2.24) is 0 Å². The first kappa shape index (κ1) is 8.47. The maximum absolute atomic E-state index is 12.5. The largest absolute Gasteiger partial charge is 0.204 e. The highest BCUT2D eigenvalue weighted by Crippen LogP contribution is 2.20. The van der Waals surface area contributed by atoms with Crippen LogP contribution in [0.3, 0.4) is 0 Å². The molecule has 0 spiro atoms. The second kappa shape index (κ2) is 3.18. The average molecular weight is 177 g/mol. The van der Waals surface area contributed by atoms with E-state index in [0.29, 0.717) is 5.56 Å². The summed E-state index contributed by atoms with van der Waals surface area (Å²) in [5.41, 5.74) is 0.588. The van der Waals surface area contributed by atoms with Crippen LogP contribution in [0.4, 0.5) is 8.78 Å². The fraction of sp³-hybridized carbons (Fsp3) is 0.250. The SMILES string of the molecule is C[C@H](Cl)c1ccc(F)c(F)c1. The van der Waals surface area contributed by atoms with E-state index in [1.807, 2.05) is 0 Å². The van der Waals surface area contributed by atoms with Crippen molar-refractivity contribution in [3.63, 3.8) is 0 Å². The van der Waals surface area contributed by atoms with Crippen LogP contribution in [0.25, 0.3) is 0 Å². The van der Waals surface area contributed by atoms with Crippen molar-refractivity contribution in [3.8, 4) is 0 Å². The van der Waals surface area contributed by atoms with Crippen molar-refractivity contribution in [1.29, 1.82) is 0 Å². The number of hydrogen-bond donors (Lipinski definition) is 0. The van der Waals surface area contributed by atoms with Gasteiger partial charge in [0.15, 0.2) is 11.6 Å². The van der Waals surface area contributed by atoms with E-state index in [9.17, 15) is 8.78 Å². The van der Waals surface area contributed by atoms with E-state index in [0.717, 1.165) is 12.1 Å². The summed E-state index contributed by atoms with van der Waals surface area (Å²) in [5, 5.41) is -0.287. The summed E-state index contributed by atoms with van der Waals surface area (Å²) < 4.78 is 24.8. The third-order valence-corrected chi connectivity index (χ3v) is 1.65. The molecule has 1 atom stereocenters. The van der Waals surface area contributed by atoms with Gasteiger partial charge in [-0.3, -0.25) is 0 Å². The van der Waals surface area contributed by atoms with E-state index in [1.54, 1.807) is 6.92 Å². The van der Waals surface area contributed by atoms with Crippen LogP contribution >= 0.6 is 11.6 Å². The Labute approximate surface area is 68.8 Å². The zero-order valence-electron chi connectivity index (χ0n) is 5.94. The summed E-state index contributed by atoms with van der Waals surface area (Å²) in [6.07, 6.45) is 0. The van der Waals surface area contributed by atoms with Crippen LogP contribution in [0.5, 0.6) is 0 Å². The highest BCUT2D eigenvalue weighted by Gasteiger charge is 2.05. The normalized spacial score (nSPS) is 13.1. The number of halogens is 3. The average Bonchev–Trinajstić information content (AvgIpc) is 1.94. The molecule has 0 aromatic heterocycles.